The number of nitriles is 1. The van der Waals surface area contributed by atoms with Crippen LogP contribution in [0, 0.1) is 24.2 Å². The van der Waals surface area contributed by atoms with E-state index < -0.39 is 31.4 Å². The predicted molar refractivity (Wildman–Crippen MR) is 156 cm³/mol. The Morgan fingerprint density at radius 3 is 2.68 bits per heavy atom. The number of alkyl halides is 2. The maximum absolute atomic E-state index is 13.5. The Morgan fingerprint density at radius 1 is 1.16 bits per heavy atom. The van der Waals surface area contributed by atoms with Gasteiger partial charge in [-0.3, -0.25) is 14.6 Å². The van der Waals surface area contributed by atoms with Crippen molar-refractivity contribution < 1.29 is 23.0 Å². The van der Waals surface area contributed by atoms with Gasteiger partial charge in [-0.05, 0) is 56.4 Å². The number of nitrogens with zero attached hydrogens (tertiary/aromatic N) is 7. The van der Waals surface area contributed by atoms with Crippen molar-refractivity contribution in [2.45, 2.75) is 76.6 Å². The van der Waals surface area contributed by atoms with Crippen LogP contribution in [0.2, 0.25) is 0 Å². The first-order valence-corrected chi connectivity index (χ1v) is 15.0. The predicted octanol–water partition coefficient (Wildman–Crippen LogP) is 4.20. The molecule has 0 spiro atoms. The molecular weight excluding hydrogens is 573 g/mol. The second kappa shape index (κ2) is 12.8. The molecule has 1 fully saturated rings. The third-order valence-electron chi connectivity index (χ3n) is 8.85. The third-order valence-corrected chi connectivity index (χ3v) is 8.85. The summed E-state index contributed by atoms with van der Waals surface area (Å²) in [5, 5.41) is 31.3. The van der Waals surface area contributed by atoms with E-state index in [2.05, 4.69) is 31.2 Å². The Hall–Kier alpha value is -4.15. The molecule has 1 unspecified atom stereocenters. The van der Waals surface area contributed by atoms with Gasteiger partial charge in [0.15, 0.2) is 12.3 Å². The van der Waals surface area contributed by atoms with Crippen LogP contribution in [0.5, 0.6) is 5.75 Å². The monoisotopic (exact) mass is 608 g/mol. The summed E-state index contributed by atoms with van der Waals surface area (Å²) in [6, 6.07) is 5.16. The Bertz CT molecular complexity index is 1640. The summed E-state index contributed by atoms with van der Waals surface area (Å²) < 4.78 is 50.2. The van der Waals surface area contributed by atoms with Crippen LogP contribution in [0.15, 0.2) is 36.8 Å². The van der Waals surface area contributed by atoms with E-state index in [4.69, 9.17) is 15.1 Å². The first-order valence-electron chi connectivity index (χ1n) is 15.0. The molecule has 1 atom stereocenters. The lowest BCUT2D eigenvalue weighted by Gasteiger charge is -2.35. The van der Waals surface area contributed by atoms with Crippen molar-refractivity contribution in [3.05, 3.63) is 65.1 Å². The van der Waals surface area contributed by atoms with Gasteiger partial charge < -0.3 is 15.2 Å². The number of aliphatic hydroxyl groups is 1. The molecule has 0 bridgehead atoms. The van der Waals surface area contributed by atoms with E-state index >= 15 is 0 Å². The molecule has 13 heteroatoms. The highest BCUT2D eigenvalue weighted by atomic mass is 19.3. The third kappa shape index (κ3) is 6.09. The second-order valence-corrected chi connectivity index (χ2v) is 11.5. The summed E-state index contributed by atoms with van der Waals surface area (Å²) in [5.74, 6) is -0.278. The van der Waals surface area contributed by atoms with Gasteiger partial charge in [-0.1, -0.05) is 0 Å². The van der Waals surface area contributed by atoms with Gasteiger partial charge in [0.2, 0.25) is 6.43 Å². The zero-order valence-corrected chi connectivity index (χ0v) is 24.5. The Balaban J connectivity index is 1.29. The number of rotatable bonds is 9. The molecular formula is C31H35F3N8O2. The van der Waals surface area contributed by atoms with E-state index in [-0.39, 0.29) is 11.8 Å². The molecule has 44 heavy (non-hydrogen) atoms. The fraction of sp³-hybridized carbons (Fsp3) is 0.484. The number of pyridine rings is 2. The summed E-state index contributed by atoms with van der Waals surface area (Å²) in [6.45, 7) is 4.11. The molecule has 5 heterocycles. The fourth-order valence-electron chi connectivity index (χ4n) is 6.59. The molecule has 0 amide bonds. The van der Waals surface area contributed by atoms with Crippen LogP contribution in [-0.2, 0) is 19.4 Å². The van der Waals surface area contributed by atoms with Crippen molar-refractivity contribution in [3.8, 4) is 23.2 Å². The lowest BCUT2D eigenvalue weighted by atomic mass is 9.90. The number of ether oxygens (including phenoxy) is 1. The molecule has 4 aromatic heterocycles. The molecule has 1 aliphatic heterocycles. The van der Waals surface area contributed by atoms with Gasteiger partial charge in [-0.25, -0.2) is 17.7 Å². The maximum atomic E-state index is 13.5. The van der Waals surface area contributed by atoms with Gasteiger partial charge in [0, 0.05) is 61.0 Å². The zero-order chi connectivity index (χ0) is 30.8. The van der Waals surface area contributed by atoms with E-state index in [1.165, 1.54) is 22.8 Å². The summed E-state index contributed by atoms with van der Waals surface area (Å²) in [7, 11) is 0. The van der Waals surface area contributed by atoms with Gasteiger partial charge in [0.1, 0.15) is 17.1 Å². The first-order chi connectivity index (χ1) is 21.3. The minimum absolute atomic E-state index is 0.246. The van der Waals surface area contributed by atoms with Crippen LogP contribution >= 0.6 is 0 Å². The molecule has 0 radical (unpaired) electrons. The van der Waals surface area contributed by atoms with Gasteiger partial charge in [0.25, 0.3) is 0 Å². The topological polar surface area (TPSA) is 117 Å². The average molecular weight is 609 g/mol. The Labute approximate surface area is 253 Å². The standard InChI is InChI=1S/C31H35F3N8O2/c1-19-26-8-9-40(24-5-3-23(4-6-24)37-18-35)10-11-41(26)39-30(19)21-12-27(31-20(13-29(33)34)14-38-42(31)16-21)44-28(17-43)25-7-2-22(32)15-36-25/h2,7,12,14-16,23-24,28-29,37,43H,3-6,8-11,13,17H2,1H3. The van der Waals surface area contributed by atoms with Crippen molar-refractivity contribution in [2.24, 2.45) is 0 Å². The molecule has 0 saturated heterocycles. The summed E-state index contributed by atoms with van der Waals surface area (Å²) >= 11 is 0. The number of halogens is 3. The lowest BCUT2D eigenvalue weighted by molar-refractivity contribution is 0.114. The van der Waals surface area contributed by atoms with Gasteiger partial charge in [-0.2, -0.15) is 15.5 Å². The highest BCUT2D eigenvalue weighted by Gasteiger charge is 2.29. The van der Waals surface area contributed by atoms with Gasteiger partial charge in [-0.15, -0.1) is 0 Å². The molecule has 1 saturated carbocycles. The van der Waals surface area contributed by atoms with Crippen LogP contribution < -0.4 is 10.1 Å². The largest absolute Gasteiger partial charge is 0.479 e. The number of aliphatic hydroxyl groups excluding tert-OH is 1. The Morgan fingerprint density at radius 2 is 1.98 bits per heavy atom. The summed E-state index contributed by atoms with van der Waals surface area (Å²) in [4.78, 5) is 6.59. The molecule has 2 N–H and O–H groups in total. The van der Waals surface area contributed by atoms with E-state index in [0.29, 0.717) is 28.4 Å². The number of hydrogen-bond acceptors (Lipinski definition) is 8. The second-order valence-electron chi connectivity index (χ2n) is 11.5. The van der Waals surface area contributed by atoms with E-state index in [1.54, 1.807) is 12.3 Å². The molecule has 2 aliphatic rings. The van der Waals surface area contributed by atoms with Gasteiger partial charge >= 0.3 is 0 Å². The van der Waals surface area contributed by atoms with E-state index in [9.17, 15) is 18.3 Å². The fourth-order valence-corrected chi connectivity index (χ4v) is 6.59. The maximum Gasteiger partial charge on any atom is 0.242 e. The zero-order valence-electron chi connectivity index (χ0n) is 24.5. The minimum atomic E-state index is -2.59. The molecule has 232 valence electrons. The van der Waals surface area contributed by atoms with Gasteiger partial charge in [0.05, 0.1) is 36.9 Å². The highest BCUT2D eigenvalue weighted by Crippen LogP contribution is 2.35. The molecule has 0 aromatic carbocycles. The molecule has 10 nitrogen and oxygen atoms in total. The minimum Gasteiger partial charge on any atom is -0.479 e. The average Bonchev–Trinajstić information content (AvgIpc) is 3.48. The smallest absolute Gasteiger partial charge is 0.242 e. The lowest BCUT2D eigenvalue weighted by Crippen LogP contribution is -2.42. The van der Waals surface area contributed by atoms with E-state index in [0.717, 1.165) is 74.9 Å². The van der Waals surface area contributed by atoms with Crippen molar-refractivity contribution >= 4 is 5.52 Å². The van der Waals surface area contributed by atoms with Crippen LogP contribution in [0.4, 0.5) is 13.2 Å². The van der Waals surface area contributed by atoms with Crippen molar-refractivity contribution in [1.29, 1.82) is 5.26 Å². The first kappa shape index (κ1) is 29.9. The molecule has 1 aliphatic carbocycles. The van der Waals surface area contributed by atoms with Crippen LogP contribution in [0.25, 0.3) is 16.8 Å². The summed E-state index contributed by atoms with van der Waals surface area (Å²) in [5.41, 5.74) is 4.58. The van der Waals surface area contributed by atoms with Crippen molar-refractivity contribution in [3.63, 3.8) is 0 Å². The normalized spacial score (nSPS) is 19.8. The molecule has 6 rings (SSSR count). The number of nitrogens with one attached hydrogen (secondary N) is 1. The van der Waals surface area contributed by atoms with Crippen molar-refractivity contribution in [2.75, 3.05) is 19.7 Å². The van der Waals surface area contributed by atoms with Crippen molar-refractivity contribution in [1.82, 2.24) is 34.6 Å². The SMILES string of the molecule is Cc1c(-c2cc(OC(CO)c3ccc(F)cn3)c3c(CC(F)F)cnn3c2)nn2c1CCN(C1CCC(NC#N)CC1)CC2. The highest BCUT2D eigenvalue weighted by molar-refractivity contribution is 5.73. The summed E-state index contributed by atoms with van der Waals surface area (Å²) in [6.07, 6.45) is 7.17. The van der Waals surface area contributed by atoms with Crippen LogP contribution in [-0.4, -0.2) is 72.6 Å². The number of fused-ring (bicyclic) bond motifs is 2. The quantitative estimate of drug-likeness (QED) is 0.215. The number of hydrogen-bond donors (Lipinski definition) is 2. The van der Waals surface area contributed by atoms with Crippen LogP contribution in [0.1, 0.15) is 54.3 Å². The molecule has 4 aromatic rings. The Kier molecular flexibility index (Phi) is 8.72. The van der Waals surface area contributed by atoms with Crippen LogP contribution in [0.3, 0.4) is 0 Å². The van der Waals surface area contributed by atoms with E-state index in [1.807, 2.05) is 6.92 Å². The number of aromatic nitrogens is 5.